The fourth-order valence-electron chi connectivity index (χ4n) is 4.31. The summed E-state index contributed by atoms with van der Waals surface area (Å²) in [5.41, 5.74) is -0.547. The van der Waals surface area contributed by atoms with Crippen molar-refractivity contribution in [2.75, 3.05) is 13.7 Å². The van der Waals surface area contributed by atoms with Crippen molar-refractivity contribution < 1.29 is 22.7 Å². The number of nitrogens with zero attached hydrogens (tertiary/aromatic N) is 1. The lowest BCUT2D eigenvalue weighted by Crippen LogP contribution is -2.58. The molecule has 3 aromatic rings. The summed E-state index contributed by atoms with van der Waals surface area (Å²) in [5.74, 6) is -1.10. The number of fused-ring (bicyclic) bond motifs is 3. The van der Waals surface area contributed by atoms with Crippen LogP contribution in [0.5, 0.6) is 0 Å². The first-order valence-corrected chi connectivity index (χ1v) is 9.39. The van der Waals surface area contributed by atoms with Gasteiger partial charge in [0.05, 0.1) is 6.04 Å². The van der Waals surface area contributed by atoms with E-state index >= 15 is 0 Å². The summed E-state index contributed by atoms with van der Waals surface area (Å²) < 4.78 is 47.8. The SMILES string of the molecule is CO[C@@](C(=O)N1CCc2c([nH]c3ccccc23)[C@@H]1C)(c1ccccc1)C(F)(F)F. The third-order valence-corrected chi connectivity index (χ3v) is 5.78. The van der Waals surface area contributed by atoms with Crippen LogP contribution in [0.25, 0.3) is 10.9 Å². The zero-order valence-electron chi connectivity index (χ0n) is 16.1. The van der Waals surface area contributed by atoms with Gasteiger partial charge in [0.1, 0.15) is 0 Å². The molecule has 29 heavy (non-hydrogen) atoms. The van der Waals surface area contributed by atoms with E-state index in [4.69, 9.17) is 4.74 Å². The molecule has 2 atom stereocenters. The van der Waals surface area contributed by atoms with E-state index in [1.807, 2.05) is 24.3 Å². The Morgan fingerprint density at radius 3 is 2.41 bits per heavy atom. The number of aromatic amines is 1. The quantitative estimate of drug-likeness (QED) is 0.689. The lowest BCUT2D eigenvalue weighted by atomic mass is 9.88. The van der Waals surface area contributed by atoms with Gasteiger partial charge in [-0.1, -0.05) is 48.5 Å². The lowest BCUT2D eigenvalue weighted by Gasteiger charge is -2.41. The number of benzene rings is 2. The number of H-pyrrole nitrogens is 1. The predicted molar refractivity (Wildman–Crippen MR) is 103 cm³/mol. The minimum atomic E-state index is -4.92. The molecule has 7 heteroatoms. The molecule has 0 bridgehead atoms. The summed E-state index contributed by atoms with van der Waals surface area (Å²) in [6, 6.07) is 14.3. The van der Waals surface area contributed by atoms with Crippen molar-refractivity contribution in [1.82, 2.24) is 9.88 Å². The number of hydrogen-bond acceptors (Lipinski definition) is 2. The summed E-state index contributed by atoms with van der Waals surface area (Å²) >= 11 is 0. The van der Waals surface area contributed by atoms with E-state index in [9.17, 15) is 18.0 Å². The van der Waals surface area contributed by atoms with Gasteiger partial charge in [-0.3, -0.25) is 4.79 Å². The highest BCUT2D eigenvalue weighted by molar-refractivity contribution is 5.90. The van der Waals surface area contributed by atoms with E-state index in [2.05, 4.69) is 4.98 Å². The summed E-state index contributed by atoms with van der Waals surface area (Å²) in [4.78, 5) is 17.9. The summed E-state index contributed by atoms with van der Waals surface area (Å²) in [6.07, 6.45) is -4.44. The first-order chi connectivity index (χ1) is 13.8. The first-order valence-electron chi connectivity index (χ1n) is 9.39. The Hall–Kier alpha value is -2.80. The standard InChI is InChI=1S/C22H21F3N2O2/c1-14-19-17(16-10-6-7-11-18(16)26-19)12-13-27(14)20(28)21(29-2,22(23,24)25)15-8-4-3-5-9-15/h3-11,14,26H,12-13H2,1-2H3/t14-,21+/m0/s1. The minimum absolute atomic E-state index is 0.183. The molecule has 0 spiro atoms. The van der Waals surface area contributed by atoms with Gasteiger partial charge in [0.15, 0.2) is 0 Å². The molecule has 0 saturated carbocycles. The van der Waals surface area contributed by atoms with Crippen LogP contribution in [-0.2, 0) is 21.6 Å². The van der Waals surface area contributed by atoms with Crippen LogP contribution < -0.4 is 0 Å². The summed E-state index contributed by atoms with van der Waals surface area (Å²) in [5, 5.41) is 1.04. The molecule has 0 fully saturated rings. The van der Waals surface area contributed by atoms with Crippen LogP contribution in [0.4, 0.5) is 13.2 Å². The highest BCUT2D eigenvalue weighted by atomic mass is 19.4. The largest absolute Gasteiger partial charge is 0.430 e. The van der Waals surface area contributed by atoms with Gasteiger partial charge < -0.3 is 14.6 Å². The number of hydrogen-bond donors (Lipinski definition) is 1. The Bertz CT molecular complexity index is 1050. The Labute approximate surface area is 166 Å². The molecule has 152 valence electrons. The van der Waals surface area contributed by atoms with Gasteiger partial charge in [0.25, 0.3) is 11.5 Å². The van der Waals surface area contributed by atoms with Crippen molar-refractivity contribution in [3.05, 3.63) is 71.4 Å². The van der Waals surface area contributed by atoms with Crippen LogP contribution in [-0.4, -0.2) is 35.6 Å². The van der Waals surface area contributed by atoms with Gasteiger partial charge in [-0.25, -0.2) is 0 Å². The lowest BCUT2D eigenvalue weighted by molar-refractivity contribution is -0.271. The smallest absolute Gasteiger partial charge is 0.356 e. The maximum Gasteiger partial charge on any atom is 0.430 e. The molecule has 0 unspecified atom stereocenters. The number of ether oxygens (including phenoxy) is 1. The molecular weight excluding hydrogens is 381 g/mol. The maximum absolute atomic E-state index is 14.3. The second-order valence-electron chi connectivity index (χ2n) is 7.24. The molecule has 4 nitrogen and oxygen atoms in total. The fourth-order valence-corrected chi connectivity index (χ4v) is 4.31. The van der Waals surface area contributed by atoms with Crippen LogP contribution >= 0.6 is 0 Å². The van der Waals surface area contributed by atoms with E-state index in [0.29, 0.717) is 6.42 Å². The molecule has 2 heterocycles. The third-order valence-electron chi connectivity index (χ3n) is 5.78. The molecule has 1 amide bonds. The van der Waals surface area contributed by atoms with Gasteiger partial charge in [-0.2, -0.15) is 13.2 Å². The molecule has 1 aromatic heterocycles. The molecule has 1 N–H and O–H groups in total. The average Bonchev–Trinajstić information content (AvgIpc) is 3.09. The number of halogens is 3. The van der Waals surface area contributed by atoms with Crippen molar-refractivity contribution in [3.8, 4) is 0 Å². The molecule has 2 aromatic carbocycles. The van der Waals surface area contributed by atoms with Gasteiger partial charge in [0.2, 0.25) is 0 Å². The average molecular weight is 402 g/mol. The molecule has 0 aliphatic carbocycles. The topological polar surface area (TPSA) is 45.3 Å². The van der Waals surface area contributed by atoms with Crippen LogP contribution in [0.2, 0.25) is 0 Å². The normalized spacial score (nSPS) is 19.1. The molecular formula is C22H21F3N2O2. The van der Waals surface area contributed by atoms with Crippen molar-refractivity contribution in [2.24, 2.45) is 0 Å². The zero-order chi connectivity index (χ0) is 20.8. The van der Waals surface area contributed by atoms with E-state index in [0.717, 1.165) is 29.3 Å². The monoisotopic (exact) mass is 402 g/mol. The van der Waals surface area contributed by atoms with Gasteiger partial charge in [-0.15, -0.1) is 0 Å². The highest BCUT2D eigenvalue weighted by Gasteiger charge is 2.64. The number of amides is 1. The number of alkyl halides is 3. The number of methoxy groups -OCH3 is 1. The Morgan fingerprint density at radius 1 is 1.10 bits per heavy atom. The third kappa shape index (κ3) is 2.83. The molecule has 4 rings (SSSR count). The maximum atomic E-state index is 14.3. The van der Waals surface area contributed by atoms with E-state index in [-0.39, 0.29) is 12.1 Å². The fraction of sp³-hybridized carbons (Fsp3) is 0.318. The summed E-state index contributed by atoms with van der Waals surface area (Å²) in [7, 11) is 0.932. The van der Waals surface area contributed by atoms with Crippen LogP contribution in [0, 0.1) is 0 Å². The number of carbonyl (C=O) groups excluding carboxylic acids is 1. The van der Waals surface area contributed by atoms with Crippen LogP contribution in [0.1, 0.15) is 29.8 Å². The summed E-state index contributed by atoms with van der Waals surface area (Å²) in [6.45, 7) is 1.93. The van der Waals surface area contributed by atoms with Crippen molar-refractivity contribution in [1.29, 1.82) is 0 Å². The molecule has 1 aliphatic rings. The zero-order valence-corrected chi connectivity index (χ0v) is 16.1. The Morgan fingerprint density at radius 2 is 1.76 bits per heavy atom. The molecule has 0 saturated heterocycles. The number of aromatic nitrogens is 1. The van der Waals surface area contributed by atoms with Gasteiger partial charge in [-0.05, 0) is 25.0 Å². The minimum Gasteiger partial charge on any atom is -0.356 e. The first kappa shape index (κ1) is 19.5. The number of nitrogens with one attached hydrogen (secondary N) is 1. The number of rotatable bonds is 3. The van der Waals surface area contributed by atoms with E-state index < -0.39 is 23.7 Å². The van der Waals surface area contributed by atoms with Crippen molar-refractivity contribution >= 4 is 16.8 Å². The Balaban J connectivity index is 1.79. The van der Waals surface area contributed by atoms with E-state index in [1.165, 1.54) is 29.2 Å². The number of para-hydroxylation sites is 1. The molecule has 1 aliphatic heterocycles. The number of carbonyl (C=O) groups is 1. The second-order valence-corrected chi connectivity index (χ2v) is 7.24. The van der Waals surface area contributed by atoms with Crippen molar-refractivity contribution in [3.63, 3.8) is 0 Å². The highest BCUT2D eigenvalue weighted by Crippen LogP contribution is 2.45. The van der Waals surface area contributed by atoms with Crippen LogP contribution in [0.15, 0.2) is 54.6 Å². The molecule has 0 radical (unpaired) electrons. The second kappa shape index (κ2) is 6.91. The van der Waals surface area contributed by atoms with Crippen molar-refractivity contribution in [2.45, 2.75) is 31.2 Å². The van der Waals surface area contributed by atoms with Gasteiger partial charge >= 0.3 is 6.18 Å². The Kier molecular flexibility index (Phi) is 4.65. The predicted octanol–water partition coefficient (Wildman–Crippen LogP) is 4.72. The van der Waals surface area contributed by atoms with Gasteiger partial charge in [0, 0.05) is 35.8 Å². The van der Waals surface area contributed by atoms with E-state index in [1.54, 1.807) is 13.0 Å². The van der Waals surface area contributed by atoms with Crippen LogP contribution in [0.3, 0.4) is 0 Å².